The number of hydrogen-bond donors (Lipinski definition) is 1. The lowest BCUT2D eigenvalue weighted by atomic mass is 10.0. The third kappa shape index (κ3) is 2.36. The maximum atomic E-state index is 6.13. The van der Waals surface area contributed by atoms with Gasteiger partial charge in [-0.3, -0.25) is 0 Å². The number of aryl methyl sites for hydroxylation is 1. The lowest BCUT2D eigenvalue weighted by molar-refractivity contribution is 0.597. The normalized spacial score (nSPS) is 18.1. The molecule has 2 rings (SSSR count). The average molecular weight is 189 g/mol. The van der Waals surface area contributed by atoms with Gasteiger partial charge in [-0.1, -0.05) is 44.0 Å². The molecule has 1 aliphatic rings. The molecule has 1 heteroatoms. The predicted molar refractivity (Wildman–Crippen MR) is 60.1 cm³/mol. The van der Waals surface area contributed by atoms with E-state index in [-0.39, 0.29) is 6.04 Å². The Labute approximate surface area is 86.3 Å². The largest absolute Gasteiger partial charge is 0.324 e. The fraction of sp³-hybridized carbons (Fsp3) is 0.538. The molecule has 1 atom stereocenters. The molecule has 0 saturated heterocycles. The molecule has 0 spiro atoms. The van der Waals surface area contributed by atoms with Crippen LogP contribution in [0.1, 0.15) is 43.4 Å². The van der Waals surface area contributed by atoms with Crippen LogP contribution in [0.3, 0.4) is 0 Å². The number of hydrogen-bond acceptors (Lipinski definition) is 1. The molecule has 2 N–H and O–H groups in total. The summed E-state index contributed by atoms with van der Waals surface area (Å²) in [5.74, 6) is 0.913. The highest BCUT2D eigenvalue weighted by Crippen LogP contribution is 2.36. The Bertz CT molecular complexity index is 285. The summed E-state index contributed by atoms with van der Waals surface area (Å²) in [4.78, 5) is 0. The molecule has 1 aliphatic carbocycles. The molecule has 0 bridgehead atoms. The molecule has 0 unspecified atom stereocenters. The third-order valence-electron chi connectivity index (χ3n) is 3.10. The molecular formula is C13H19N. The quantitative estimate of drug-likeness (QED) is 0.774. The van der Waals surface area contributed by atoms with E-state index in [1.807, 2.05) is 0 Å². The van der Waals surface area contributed by atoms with Crippen molar-refractivity contribution in [2.75, 3.05) is 0 Å². The van der Waals surface area contributed by atoms with Crippen molar-refractivity contribution in [3.05, 3.63) is 35.4 Å². The van der Waals surface area contributed by atoms with Crippen molar-refractivity contribution in [3.63, 3.8) is 0 Å². The Kier molecular flexibility index (Phi) is 2.87. The van der Waals surface area contributed by atoms with Crippen molar-refractivity contribution < 1.29 is 0 Å². The fourth-order valence-corrected chi connectivity index (χ4v) is 1.85. The summed E-state index contributed by atoms with van der Waals surface area (Å²) in [5.41, 5.74) is 8.82. The second-order valence-electron chi connectivity index (χ2n) is 4.38. The first kappa shape index (κ1) is 9.72. The molecule has 0 aliphatic heterocycles. The minimum atomic E-state index is 0.258. The van der Waals surface area contributed by atoms with Crippen molar-refractivity contribution in [1.82, 2.24) is 0 Å². The van der Waals surface area contributed by atoms with Crippen LogP contribution in [0.25, 0.3) is 0 Å². The summed E-state index contributed by atoms with van der Waals surface area (Å²) in [6.07, 6.45) is 5.06. The molecule has 1 aromatic rings. The number of nitrogens with two attached hydrogens (primary N) is 1. The van der Waals surface area contributed by atoms with Crippen LogP contribution in [0.5, 0.6) is 0 Å². The SMILES string of the molecule is CCc1ccc([C@@H](N)CC2CC2)cc1. The summed E-state index contributed by atoms with van der Waals surface area (Å²) in [5, 5.41) is 0. The Hall–Kier alpha value is -0.820. The number of rotatable bonds is 4. The van der Waals surface area contributed by atoms with E-state index >= 15 is 0 Å². The van der Waals surface area contributed by atoms with E-state index in [9.17, 15) is 0 Å². The van der Waals surface area contributed by atoms with Crippen molar-refractivity contribution in [2.24, 2.45) is 11.7 Å². The van der Waals surface area contributed by atoms with Crippen LogP contribution < -0.4 is 5.73 Å². The van der Waals surface area contributed by atoms with Gasteiger partial charge < -0.3 is 5.73 Å². The minimum Gasteiger partial charge on any atom is -0.324 e. The smallest absolute Gasteiger partial charge is 0.0297 e. The molecule has 0 aromatic heterocycles. The highest BCUT2D eigenvalue weighted by atomic mass is 14.6. The first-order valence-electron chi connectivity index (χ1n) is 5.64. The van der Waals surface area contributed by atoms with Gasteiger partial charge in [0.2, 0.25) is 0 Å². The van der Waals surface area contributed by atoms with Gasteiger partial charge in [-0.05, 0) is 29.9 Å². The van der Waals surface area contributed by atoms with Crippen molar-refractivity contribution >= 4 is 0 Å². The maximum Gasteiger partial charge on any atom is 0.0297 e. The Morgan fingerprint density at radius 2 is 1.93 bits per heavy atom. The summed E-state index contributed by atoms with van der Waals surface area (Å²) < 4.78 is 0. The van der Waals surface area contributed by atoms with E-state index in [2.05, 4.69) is 31.2 Å². The van der Waals surface area contributed by atoms with Gasteiger partial charge in [0.15, 0.2) is 0 Å². The molecule has 0 heterocycles. The molecule has 0 radical (unpaired) electrons. The van der Waals surface area contributed by atoms with Gasteiger partial charge in [-0.15, -0.1) is 0 Å². The lowest BCUT2D eigenvalue weighted by Gasteiger charge is -2.11. The van der Waals surface area contributed by atoms with Crippen molar-refractivity contribution in [1.29, 1.82) is 0 Å². The topological polar surface area (TPSA) is 26.0 Å². The van der Waals surface area contributed by atoms with E-state index in [0.717, 1.165) is 12.3 Å². The molecule has 1 saturated carbocycles. The third-order valence-corrected chi connectivity index (χ3v) is 3.10. The highest BCUT2D eigenvalue weighted by Gasteiger charge is 2.24. The standard InChI is InChI=1S/C13H19N/c1-2-10-5-7-12(8-6-10)13(14)9-11-3-4-11/h5-8,11,13H,2-4,9,14H2,1H3/t13-/m0/s1. The van der Waals surface area contributed by atoms with Crippen LogP contribution in [-0.2, 0) is 6.42 Å². The van der Waals surface area contributed by atoms with E-state index in [4.69, 9.17) is 5.73 Å². The van der Waals surface area contributed by atoms with Crippen LogP contribution >= 0.6 is 0 Å². The van der Waals surface area contributed by atoms with Crippen LogP contribution in [0, 0.1) is 5.92 Å². The highest BCUT2D eigenvalue weighted by molar-refractivity contribution is 5.24. The predicted octanol–water partition coefficient (Wildman–Crippen LogP) is 3.05. The maximum absolute atomic E-state index is 6.13. The summed E-state index contributed by atoms with van der Waals surface area (Å²) in [7, 11) is 0. The molecule has 14 heavy (non-hydrogen) atoms. The molecule has 1 aromatic carbocycles. The van der Waals surface area contributed by atoms with Gasteiger partial charge in [-0.2, -0.15) is 0 Å². The zero-order chi connectivity index (χ0) is 9.97. The summed E-state index contributed by atoms with van der Waals surface area (Å²) in [6.45, 7) is 2.18. The van der Waals surface area contributed by atoms with Gasteiger partial charge in [0.1, 0.15) is 0 Å². The van der Waals surface area contributed by atoms with Gasteiger partial charge in [0, 0.05) is 6.04 Å². The van der Waals surface area contributed by atoms with Gasteiger partial charge >= 0.3 is 0 Å². The molecule has 1 nitrogen and oxygen atoms in total. The molecule has 1 fully saturated rings. The van der Waals surface area contributed by atoms with E-state index in [1.54, 1.807) is 0 Å². The van der Waals surface area contributed by atoms with Gasteiger partial charge in [0.25, 0.3) is 0 Å². The molecule has 0 amide bonds. The average Bonchev–Trinajstić information content (AvgIpc) is 3.02. The second-order valence-corrected chi connectivity index (χ2v) is 4.38. The lowest BCUT2D eigenvalue weighted by Crippen LogP contribution is -2.10. The molecule has 76 valence electrons. The van der Waals surface area contributed by atoms with Crippen LogP contribution in [0.4, 0.5) is 0 Å². The van der Waals surface area contributed by atoms with Crippen LogP contribution in [0.2, 0.25) is 0 Å². The monoisotopic (exact) mass is 189 g/mol. The summed E-state index contributed by atoms with van der Waals surface area (Å²) >= 11 is 0. The van der Waals surface area contributed by atoms with Gasteiger partial charge in [-0.25, -0.2) is 0 Å². The Morgan fingerprint density at radius 3 is 2.43 bits per heavy atom. The van der Waals surface area contributed by atoms with E-state index in [1.165, 1.54) is 30.4 Å². The number of benzene rings is 1. The first-order valence-corrected chi connectivity index (χ1v) is 5.64. The Morgan fingerprint density at radius 1 is 1.29 bits per heavy atom. The molecular weight excluding hydrogens is 170 g/mol. The summed E-state index contributed by atoms with van der Waals surface area (Å²) in [6, 6.07) is 9.02. The van der Waals surface area contributed by atoms with E-state index < -0.39 is 0 Å². The van der Waals surface area contributed by atoms with Crippen LogP contribution in [-0.4, -0.2) is 0 Å². The van der Waals surface area contributed by atoms with Gasteiger partial charge in [0.05, 0.1) is 0 Å². The van der Waals surface area contributed by atoms with Crippen molar-refractivity contribution in [2.45, 2.75) is 38.6 Å². The van der Waals surface area contributed by atoms with Crippen molar-refractivity contribution in [3.8, 4) is 0 Å². The zero-order valence-corrected chi connectivity index (χ0v) is 8.87. The fourth-order valence-electron chi connectivity index (χ4n) is 1.85. The minimum absolute atomic E-state index is 0.258. The first-order chi connectivity index (χ1) is 6.79. The second kappa shape index (κ2) is 4.14. The Balaban J connectivity index is 1.99. The zero-order valence-electron chi connectivity index (χ0n) is 8.87. The van der Waals surface area contributed by atoms with Crippen LogP contribution in [0.15, 0.2) is 24.3 Å². The van der Waals surface area contributed by atoms with E-state index in [0.29, 0.717) is 0 Å².